The van der Waals surface area contributed by atoms with Crippen LogP contribution in [-0.2, 0) is 16.6 Å². The molecule has 2 N–H and O–H groups in total. The number of nitrogens with zero attached hydrogens (tertiary/aromatic N) is 1. The molecule has 0 unspecified atom stereocenters. The van der Waals surface area contributed by atoms with Crippen molar-refractivity contribution in [1.82, 2.24) is 10.6 Å². The molecule has 5 nitrogen and oxygen atoms in total. The standard InChI is InChI=1S/C21H28ClN3O2S.HI/c1-23-20(24-10-7-17-4-3-13-28-17)25-15-21(8-11-27-12-9-21)18-14-16(22)5-6-19(18)26-2;/h3-6,13-14H,7-12,15H2,1-2H3,(H2,23,24,25);1H. The normalized spacial score (nSPS) is 16.0. The quantitative estimate of drug-likeness (QED) is 0.304. The number of methoxy groups -OCH3 is 1. The minimum absolute atomic E-state index is 0. The van der Waals surface area contributed by atoms with Crippen LogP contribution in [0.5, 0.6) is 5.75 Å². The van der Waals surface area contributed by atoms with Gasteiger partial charge in [-0.1, -0.05) is 17.7 Å². The van der Waals surface area contributed by atoms with Crippen molar-refractivity contribution in [2.24, 2.45) is 4.99 Å². The molecule has 0 aliphatic carbocycles. The first-order valence-corrected chi connectivity index (χ1v) is 10.8. The lowest BCUT2D eigenvalue weighted by Crippen LogP contribution is -2.48. The molecule has 1 fully saturated rings. The van der Waals surface area contributed by atoms with E-state index < -0.39 is 0 Å². The molecule has 8 heteroatoms. The first-order valence-electron chi connectivity index (χ1n) is 9.55. The molecule has 0 bridgehead atoms. The summed E-state index contributed by atoms with van der Waals surface area (Å²) in [6.07, 6.45) is 2.80. The average molecular weight is 550 g/mol. The minimum atomic E-state index is -0.111. The monoisotopic (exact) mass is 549 g/mol. The highest BCUT2D eigenvalue weighted by atomic mass is 127. The van der Waals surface area contributed by atoms with Crippen LogP contribution in [-0.4, -0.2) is 46.4 Å². The van der Waals surface area contributed by atoms with Gasteiger partial charge in [0.25, 0.3) is 0 Å². The molecule has 1 saturated heterocycles. The van der Waals surface area contributed by atoms with Gasteiger partial charge in [0.2, 0.25) is 0 Å². The molecule has 0 saturated carbocycles. The molecular formula is C21H29ClIN3O2S. The van der Waals surface area contributed by atoms with Crippen molar-refractivity contribution in [1.29, 1.82) is 0 Å². The van der Waals surface area contributed by atoms with Crippen LogP contribution in [0, 0.1) is 0 Å². The van der Waals surface area contributed by atoms with Crippen molar-refractivity contribution >= 4 is 52.9 Å². The van der Waals surface area contributed by atoms with Gasteiger partial charge < -0.3 is 20.1 Å². The lowest BCUT2D eigenvalue weighted by atomic mass is 9.73. The van der Waals surface area contributed by atoms with E-state index in [1.165, 1.54) is 4.88 Å². The zero-order chi connectivity index (χ0) is 19.8. The number of halogens is 2. The van der Waals surface area contributed by atoms with Crippen LogP contribution in [0.4, 0.5) is 0 Å². The minimum Gasteiger partial charge on any atom is -0.496 e. The highest BCUT2D eigenvalue weighted by Crippen LogP contribution is 2.40. The first-order chi connectivity index (χ1) is 13.7. The van der Waals surface area contributed by atoms with E-state index >= 15 is 0 Å². The second-order valence-electron chi connectivity index (χ2n) is 6.92. The average Bonchev–Trinajstić information content (AvgIpc) is 3.24. The summed E-state index contributed by atoms with van der Waals surface area (Å²) >= 11 is 8.10. The van der Waals surface area contributed by atoms with E-state index in [1.807, 2.05) is 18.2 Å². The van der Waals surface area contributed by atoms with Gasteiger partial charge in [-0.15, -0.1) is 35.3 Å². The van der Waals surface area contributed by atoms with Crippen molar-refractivity contribution in [3.8, 4) is 5.75 Å². The first kappa shape index (κ1) is 24.2. The number of nitrogens with one attached hydrogen (secondary N) is 2. The Morgan fingerprint density at radius 3 is 2.72 bits per heavy atom. The summed E-state index contributed by atoms with van der Waals surface area (Å²) in [5.74, 6) is 1.68. The van der Waals surface area contributed by atoms with Gasteiger partial charge in [0.1, 0.15) is 5.75 Å². The molecule has 1 aliphatic heterocycles. The fourth-order valence-corrected chi connectivity index (χ4v) is 4.51. The second kappa shape index (κ2) is 12.0. The Labute approximate surface area is 199 Å². The van der Waals surface area contributed by atoms with Gasteiger partial charge in [-0.3, -0.25) is 4.99 Å². The van der Waals surface area contributed by atoms with Crippen LogP contribution >= 0.6 is 46.9 Å². The van der Waals surface area contributed by atoms with E-state index in [-0.39, 0.29) is 29.4 Å². The molecule has 29 heavy (non-hydrogen) atoms. The number of guanidine groups is 1. The fraction of sp³-hybridized carbons (Fsp3) is 0.476. The molecule has 160 valence electrons. The van der Waals surface area contributed by atoms with Gasteiger partial charge in [0.05, 0.1) is 7.11 Å². The van der Waals surface area contributed by atoms with Crippen molar-refractivity contribution in [2.75, 3.05) is 40.5 Å². The van der Waals surface area contributed by atoms with E-state index in [1.54, 1.807) is 25.5 Å². The number of hydrogen-bond acceptors (Lipinski definition) is 4. The van der Waals surface area contributed by atoms with Crippen LogP contribution in [0.15, 0.2) is 40.7 Å². The predicted molar refractivity (Wildman–Crippen MR) is 133 cm³/mol. The third-order valence-electron chi connectivity index (χ3n) is 5.24. The summed E-state index contributed by atoms with van der Waals surface area (Å²) in [4.78, 5) is 5.75. The van der Waals surface area contributed by atoms with E-state index in [2.05, 4.69) is 33.1 Å². The summed E-state index contributed by atoms with van der Waals surface area (Å²) in [5.41, 5.74) is 1.02. The Morgan fingerprint density at radius 2 is 2.07 bits per heavy atom. The van der Waals surface area contributed by atoms with Gasteiger partial charge in [0, 0.05) is 54.2 Å². The molecule has 0 atom stereocenters. The zero-order valence-electron chi connectivity index (χ0n) is 16.9. The lowest BCUT2D eigenvalue weighted by molar-refractivity contribution is 0.0505. The Hall–Kier alpha value is -1.03. The number of aliphatic imine (C=N–C) groups is 1. The van der Waals surface area contributed by atoms with Crippen molar-refractivity contribution < 1.29 is 9.47 Å². The molecule has 1 aliphatic rings. The summed E-state index contributed by atoms with van der Waals surface area (Å²) in [6, 6.07) is 10.1. The van der Waals surface area contributed by atoms with Crippen LogP contribution in [0.2, 0.25) is 5.02 Å². The highest BCUT2D eigenvalue weighted by Gasteiger charge is 2.37. The third kappa shape index (κ3) is 6.47. The smallest absolute Gasteiger partial charge is 0.191 e. The Bertz CT molecular complexity index is 780. The maximum Gasteiger partial charge on any atom is 0.191 e. The van der Waals surface area contributed by atoms with E-state index in [0.29, 0.717) is 0 Å². The van der Waals surface area contributed by atoms with Gasteiger partial charge >= 0.3 is 0 Å². The van der Waals surface area contributed by atoms with Crippen molar-refractivity contribution in [3.05, 3.63) is 51.2 Å². The largest absolute Gasteiger partial charge is 0.496 e. The number of thiophene rings is 1. The van der Waals surface area contributed by atoms with Crippen LogP contribution < -0.4 is 15.4 Å². The predicted octanol–water partition coefficient (Wildman–Crippen LogP) is 4.48. The summed E-state index contributed by atoms with van der Waals surface area (Å²) in [5, 5.41) is 9.76. The molecular weight excluding hydrogens is 521 g/mol. The molecule has 1 aromatic carbocycles. The molecule has 0 spiro atoms. The number of rotatable bonds is 7. The molecule has 0 radical (unpaired) electrons. The molecule has 1 aromatic heterocycles. The molecule has 0 amide bonds. The fourth-order valence-electron chi connectivity index (χ4n) is 3.63. The maximum atomic E-state index is 6.32. The third-order valence-corrected chi connectivity index (χ3v) is 6.42. The number of benzene rings is 1. The van der Waals surface area contributed by atoms with E-state index in [0.717, 1.165) is 67.9 Å². The van der Waals surface area contributed by atoms with Gasteiger partial charge in [-0.05, 0) is 48.9 Å². The summed E-state index contributed by atoms with van der Waals surface area (Å²) in [6.45, 7) is 3.03. The number of hydrogen-bond donors (Lipinski definition) is 2. The SMILES string of the molecule is CN=C(NCCc1cccs1)NCC1(c2cc(Cl)ccc2OC)CCOCC1.I. The highest BCUT2D eigenvalue weighted by molar-refractivity contribution is 14.0. The summed E-state index contributed by atoms with van der Waals surface area (Å²) in [7, 11) is 3.51. The molecule has 2 heterocycles. The Kier molecular flexibility index (Phi) is 10.0. The number of ether oxygens (including phenoxy) is 2. The van der Waals surface area contributed by atoms with Crippen molar-refractivity contribution in [2.45, 2.75) is 24.7 Å². The molecule has 3 rings (SSSR count). The topological polar surface area (TPSA) is 54.9 Å². The van der Waals surface area contributed by atoms with E-state index in [9.17, 15) is 0 Å². The maximum absolute atomic E-state index is 6.32. The van der Waals surface area contributed by atoms with E-state index in [4.69, 9.17) is 21.1 Å². The van der Waals surface area contributed by atoms with Gasteiger partial charge in [-0.2, -0.15) is 0 Å². The molecule has 2 aromatic rings. The Morgan fingerprint density at radius 1 is 1.28 bits per heavy atom. The van der Waals surface area contributed by atoms with Crippen LogP contribution in [0.1, 0.15) is 23.3 Å². The van der Waals surface area contributed by atoms with Crippen LogP contribution in [0.3, 0.4) is 0 Å². The Balaban J connectivity index is 0.00000300. The van der Waals surface area contributed by atoms with Crippen LogP contribution in [0.25, 0.3) is 0 Å². The van der Waals surface area contributed by atoms with Crippen molar-refractivity contribution in [3.63, 3.8) is 0 Å². The van der Waals surface area contributed by atoms with Gasteiger partial charge in [-0.25, -0.2) is 0 Å². The zero-order valence-corrected chi connectivity index (χ0v) is 20.8. The lowest BCUT2D eigenvalue weighted by Gasteiger charge is -2.39. The second-order valence-corrected chi connectivity index (χ2v) is 8.39. The summed E-state index contributed by atoms with van der Waals surface area (Å²) < 4.78 is 11.3. The van der Waals surface area contributed by atoms with Gasteiger partial charge in [0.15, 0.2) is 5.96 Å².